The lowest BCUT2D eigenvalue weighted by atomic mass is 9.93. The fourth-order valence-electron chi connectivity index (χ4n) is 2.59. The number of rotatable bonds is 5. The average molecular weight is 325 g/mol. The molecular weight excluding hydrogens is 302 g/mol. The summed E-state index contributed by atoms with van der Waals surface area (Å²) in [6, 6.07) is 3.26. The van der Waals surface area contributed by atoms with Crippen LogP contribution in [0.25, 0.3) is 0 Å². The Labute approximate surface area is 131 Å². The highest BCUT2D eigenvalue weighted by atomic mass is 32.2. The predicted octanol–water partition coefficient (Wildman–Crippen LogP) is 1.72. The van der Waals surface area contributed by atoms with Crippen LogP contribution in [0.4, 0.5) is 0 Å². The first kappa shape index (κ1) is 18.2. The van der Waals surface area contributed by atoms with Gasteiger partial charge in [0.25, 0.3) is 5.91 Å². The molecule has 0 bridgehead atoms. The van der Waals surface area contributed by atoms with Crippen LogP contribution in [0.2, 0.25) is 0 Å². The second kappa shape index (κ2) is 6.91. The second-order valence-electron chi connectivity index (χ2n) is 5.46. The quantitative estimate of drug-likeness (QED) is 0.631. The Bertz CT molecular complexity index is 705. The molecule has 122 valence electrons. The molecule has 6 nitrogen and oxygen atoms in total. The Hall–Kier alpha value is -1.89. The number of hydrogen-bond acceptors (Lipinski definition) is 3. The van der Waals surface area contributed by atoms with Crippen LogP contribution in [0.1, 0.15) is 54.1 Å². The Kier molecular flexibility index (Phi) is 5.71. The van der Waals surface area contributed by atoms with Crippen LogP contribution in [-0.4, -0.2) is 26.5 Å². The lowest BCUT2D eigenvalue weighted by Gasteiger charge is -2.18. The largest absolute Gasteiger partial charge is 0.370 e. The molecule has 0 heterocycles. The molecular formula is C15H23N3O3S. The van der Waals surface area contributed by atoms with Crippen molar-refractivity contribution in [1.82, 2.24) is 0 Å². The molecule has 1 amide bonds. The third kappa shape index (κ3) is 4.07. The number of hydrogen-bond donors (Lipinski definition) is 2. The van der Waals surface area contributed by atoms with Crippen molar-refractivity contribution in [3.63, 3.8) is 0 Å². The molecule has 0 spiro atoms. The number of nitrogens with zero attached hydrogens (tertiary/aromatic N) is 1. The van der Waals surface area contributed by atoms with E-state index in [1.807, 2.05) is 13.8 Å². The normalized spacial score (nSPS) is 12.7. The van der Waals surface area contributed by atoms with E-state index in [2.05, 4.69) is 4.99 Å². The van der Waals surface area contributed by atoms with Crippen LogP contribution in [0.15, 0.2) is 22.0 Å². The first-order valence-electron chi connectivity index (χ1n) is 7.07. The summed E-state index contributed by atoms with van der Waals surface area (Å²) in [5, 5.41) is 0. The van der Waals surface area contributed by atoms with Crippen molar-refractivity contribution in [3.8, 4) is 0 Å². The highest BCUT2D eigenvalue weighted by molar-refractivity contribution is 7.90. The van der Waals surface area contributed by atoms with E-state index >= 15 is 0 Å². The van der Waals surface area contributed by atoms with Gasteiger partial charge in [0.15, 0.2) is 15.8 Å². The van der Waals surface area contributed by atoms with E-state index in [0.717, 1.165) is 24.7 Å². The van der Waals surface area contributed by atoms with Gasteiger partial charge in [0.1, 0.15) is 0 Å². The van der Waals surface area contributed by atoms with Gasteiger partial charge >= 0.3 is 0 Å². The Morgan fingerprint density at radius 2 is 1.91 bits per heavy atom. The van der Waals surface area contributed by atoms with Crippen molar-refractivity contribution in [2.45, 2.75) is 44.4 Å². The monoisotopic (exact) mass is 325 g/mol. The smallest absolute Gasteiger partial charge is 0.280 e. The van der Waals surface area contributed by atoms with Gasteiger partial charge in [-0.3, -0.25) is 4.79 Å². The maximum atomic E-state index is 12.2. The summed E-state index contributed by atoms with van der Waals surface area (Å²) in [7, 11) is -3.48. The second-order valence-corrected chi connectivity index (χ2v) is 7.41. The van der Waals surface area contributed by atoms with Crippen LogP contribution in [0, 0.1) is 6.92 Å². The molecule has 4 N–H and O–H groups in total. The molecule has 22 heavy (non-hydrogen) atoms. The molecule has 0 aliphatic carbocycles. The molecule has 1 aromatic carbocycles. The minimum atomic E-state index is -3.48. The van der Waals surface area contributed by atoms with Gasteiger partial charge in [-0.2, -0.15) is 4.99 Å². The number of amides is 1. The van der Waals surface area contributed by atoms with Crippen LogP contribution < -0.4 is 11.5 Å². The van der Waals surface area contributed by atoms with E-state index in [4.69, 9.17) is 11.5 Å². The fraction of sp³-hybridized carbons (Fsp3) is 0.467. The Morgan fingerprint density at radius 3 is 2.36 bits per heavy atom. The molecule has 1 rings (SSSR count). The number of carbonyl (C=O) groups excluding carboxylic acids is 1. The third-order valence-electron chi connectivity index (χ3n) is 3.52. The molecule has 0 aromatic heterocycles. The van der Waals surface area contributed by atoms with Gasteiger partial charge in [0, 0.05) is 11.8 Å². The van der Waals surface area contributed by atoms with Gasteiger partial charge < -0.3 is 11.5 Å². The number of nitrogens with two attached hydrogens (primary N) is 2. The summed E-state index contributed by atoms with van der Waals surface area (Å²) < 4.78 is 24.4. The molecule has 1 aromatic rings. The molecule has 0 fully saturated rings. The topological polar surface area (TPSA) is 116 Å². The van der Waals surface area contributed by atoms with Crippen molar-refractivity contribution in [1.29, 1.82) is 0 Å². The molecule has 0 saturated carbocycles. The molecule has 0 saturated heterocycles. The Morgan fingerprint density at radius 1 is 1.32 bits per heavy atom. The number of carbonyl (C=O) groups is 1. The molecule has 0 radical (unpaired) electrons. The maximum absolute atomic E-state index is 12.2. The van der Waals surface area contributed by atoms with E-state index in [9.17, 15) is 13.2 Å². The van der Waals surface area contributed by atoms with E-state index in [0.29, 0.717) is 5.56 Å². The highest BCUT2D eigenvalue weighted by Crippen LogP contribution is 2.31. The Balaban J connectivity index is 3.58. The highest BCUT2D eigenvalue weighted by Gasteiger charge is 2.24. The summed E-state index contributed by atoms with van der Waals surface area (Å²) in [4.78, 5) is 15.7. The lowest BCUT2D eigenvalue weighted by Crippen LogP contribution is -2.24. The summed E-state index contributed by atoms with van der Waals surface area (Å²) in [6.45, 7) is 5.62. The standard InChI is InChI=1S/C15H23N3O3S/c1-5-6-9(2)11-7-8-12(14(19)18-15(16)17)10(3)13(11)22(4,20)21/h7-9H,5-6H2,1-4H3,(H4,16,17,18,19). The van der Waals surface area contributed by atoms with Gasteiger partial charge in [-0.25, -0.2) is 8.42 Å². The predicted molar refractivity (Wildman–Crippen MR) is 87.8 cm³/mol. The summed E-state index contributed by atoms with van der Waals surface area (Å²) in [6.07, 6.45) is 2.95. The van der Waals surface area contributed by atoms with Crippen molar-refractivity contribution >= 4 is 21.7 Å². The first-order chi connectivity index (χ1) is 10.1. The van der Waals surface area contributed by atoms with Gasteiger partial charge in [-0.05, 0) is 36.5 Å². The average Bonchev–Trinajstić information content (AvgIpc) is 2.35. The summed E-state index contributed by atoms with van der Waals surface area (Å²) in [5.41, 5.74) is 11.7. The van der Waals surface area contributed by atoms with Crippen molar-refractivity contribution in [2.75, 3.05) is 6.26 Å². The van der Waals surface area contributed by atoms with Crippen LogP contribution in [0.5, 0.6) is 0 Å². The van der Waals surface area contributed by atoms with E-state index in [1.165, 1.54) is 0 Å². The van der Waals surface area contributed by atoms with Gasteiger partial charge in [-0.1, -0.05) is 26.3 Å². The zero-order chi connectivity index (χ0) is 17.1. The zero-order valence-corrected chi connectivity index (χ0v) is 14.2. The first-order valence-corrected chi connectivity index (χ1v) is 8.96. The van der Waals surface area contributed by atoms with E-state index in [-0.39, 0.29) is 22.3 Å². The van der Waals surface area contributed by atoms with Gasteiger partial charge in [-0.15, -0.1) is 0 Å². The van der Waals surface area contributed by atoms with E-state index < -0.39 is 15.7 Å². The molecule has 0 aliphatic rings. The van der Waals surface area contributed by atoms with Gasteiger partial charge in [0.2, 0.25) is 0 Å². The van der Waals surface area contributed by atoms with Gasteiger partial charge in [0.05, 0.1) is 4.90 Å². The van der Waals surface area contributed by atoms with Crippen LogP contribution in [-0.2, 0) is 9.84 Å². The van der Waals surface area contributed by atoms with Crippen molar-refractivity contribution in [3.05, 3.63) is 28.8 Å². The summed E-state index contributed by atoms with van der Waals surface area (Å²) in [5.74, 6) is -0.911. The molecule has 0 aliphatic heterocycles. The zero-order valence-electron chi connectivity index (χ0n) is 13.4. The van der Waals surface area contributed by atoms with Crippen molar-refractivity contribution in [2.24, 2.45) is 16.5 Å². The fourth-order valence-corrected chi connectivity index (χ4v) is 3.95. The minimum Gasteiger partial charge on any atom is -0.370 e. The van der Waals surface area contributed by atoms with Crippen LogP contribution in [0.3, 0.4) is 0 Å². The number of benzene rings is 1. The van der Waals surface area contributed by atoms with Crippen LogP contribution >= 0.6 is 0 Å². The minimum absolute atomic E-state index is 0.0839. The molecule has 7 heteroatoms. The summed E-state index contributed by atoms with van der Waals surface area (Å²) >= 11 is 0. The third-order valence-corrected chi connectivity index (χ3v) is 4.80. The number of sulfone groups is 1. The molecule has 1 unspecified atom stereocenters. The lowest BCUT2D eigenvalue weighted by molar-refractivity contribution is 0.100. The SMILES string of the molecule is CCCC(C)c1ccc(C(=O)N=C(N)N)c(C)c1S(C)(=O)=O. The van der Waals surface area contributed by atoms with E-state index in [1.54, 1.807) is 19.1 Å². The number of aliphatic imine (C=N–C) groups is 1. The maximum Gasteiger partial charge on any atom is 0.280 e. The van der Waals surface area contributed by atoms with Crippen molar-refractivity contribution < 1.29 is 13.2 Å². The number of guanidine groups is 1. The molecule has 1 atom stereocenters.